The molecule has 1 aromatic carbocycles. The molecule has 3 N–H and O–H groups in total. The largest absolute Gasteiger partial charge is 0.496 e. The van der Waals surface area contributed by atoms with E-state index in [9.17, 15) is 4.79 Å². The number of hydrogen-bond acceptors (Lipinski definition) is 4. The number of halogens is 1. The van der Waals surface area contributed by atoms with E-state index in [1.807, 2.05) is 20.8 Å². The number of nitrogens with two attached hydrogens (primary N) is 1. The number of ether oxygens (including phenoxy) is 1. The molecule has 0 heterocycles. The summed E-state index contributed by atoms with van der Waals surface area (Å²) in [5.74, 6) is 0.180. The fourth-order valence-electron chi connectivity index (χ4n) is 2.05. The summed E-state index contributed by atoms with van der Waals surface area (Å²) in [7, 11) is 1.49. The molecule has 0 bridgehead atoms. The normalized spacial score (nSPS) is 12.3. The third-order valence-electron chi connectivity index (χ3n) is 3.26. The Morgan fingerprint density at radius 3 is 2.55 bits per heavy atom. The Bertz CT molecular complexity index is 476. The monoisotopic (exact) mass is 299 g/mol. The van der Waals surface area contributed by atoms with Crippen molar-refractivity contribution in [3.8, 4) is 5.75 Å². The van der Waals surface area contributed by atoms with Gasteiger partial charge in [0, 0.05) is 6.07 Å². The zero-order valence-corrected chi connectivity index (χ0v) is 13.1. The highest BCUT2D eigenvalue weighted by Gasteiger charge is 2.18. The minimum Gasteiger partial charge on any atom is -0.496 e. The van der Waals surface area contributed by atoms with Crippen LogP contribution in [0.25, 0.3) is 0 Å². The lowest BCUT2D eigenvalue weighted by molar-refractivity contribution is 0.0872. The first-order valence-electron chi connectivity index (χ1n) is 6.62. The van der Waals surface area contributed by atoms with Gasteiger partial charge in [-0.15, -0.1) is 0 Å². The van der Waals surface area contributed by atoms with Crippen LogP contribution < -0.4 is 15.8 Å². The zero-order chi connectivity index (χ0) is 15.3. The van der Waals surface area contributed by atoms with Gasteiger partial charge in [-0.2, -0.15) is 0 Å². The Morgan fingerprint density at radius 2 is 2.05 bits per heavy atom. The number of carbonyl (C=O) groups excluding carboxylic acids is 1. The lowest BCUT2D eigenvalue weighted by atomic mass is 10.1. The minimum atomic E-state index is -0.233. The highest BCUT2D eigenvalue weighted by molar-refractivity contribution is 6.33. The van der Waals surface area contributed by atoms with Gasteiger partial charge in [-0.25, -0.2) is 0 Å². The molecule has 20 heavy (non-hydrogen) atoms. The fraction of sp³-hybridized carbons (Fsp3) is 0.500. The quantitative estimate of drug-likeness (QED) is 0.625. The van der Waals surface area contributed by atoms with Crippen LogP contribution in [0, 0.1) is 0 Å². The smallest absolute Gasteiger partial charge is 0.256 e. The average Bonchev–Trinajstić information content (AvgIpc) is 2.42. The maximum atomic E-state index is 12.3. The van der Waals surface area contributed by atoms with Crippen molar-refractivity contribution in [1.29, 1.82) is 0 Å². The van der Waals surface area contributed by atoms with Gasteiger partial charge < -0.3 is 15.8 Å². The van der Waals surface area contributed by atoms with Crippen molar-refractivity contribution in [1.82, 2.24) is 10.2 Å². The number of carbonyl (C=O) groups is 1. The topological polar surface area (TPSA) is 67.6 Å². The number of nitrogens with zero attached hydrogens (tertiary/aromatic N) is 1. The van der Waals surface area contributed by atoms with Gasteiger partial charge in [0.15, 0.2) is 0 Å². The highest BCUT2D eigenvalue weighted by atomic mass is 35.5. The van der Waals surface area contributed by atoms with Crippen LogP contribution in [0.1, 0.15) is 31.1 Å². The molecule has 0 spiro atoms. The van der Waals surface area contributed by atoms with Crippen molar-refractivity contribution in [3.05, 3.63) is 22.7 Å². The van der Waals surface area contributed by atoms with Crippen LogP contribution in [0.4, 0.5) is 5.69 Å². The molecule has 0 aliphatic heterocycles. The molecule has 6 heteroatoms. The molecule has 0 aliphatic rings. The fourth-order valence-corrected chi connectivity index (χ4v) is 2.21. The Labute approximate surface area is 125 Å². The molecule has 112 valence electrons. The summed E-state index contributed by atoms with van der Waals surface area (Å²) in [6, 6.07) is 3.08. The molecule has 0 saturated heterocycles. The van der Waals surface area contributed by atoms with Crippen molar-refractivity contribution in [2.75, 3.05) is 25.9 Å². The second-order valence-corrected chi connectivity index (χ2v) is 4.85. The van der Waals surface area contributed by atoms with Crippen molar-refractivity contribution in [3.63, 3.8) is 0 Å². The van der Waals surface area contributed by atoms with Gasteiger partial charge in [0.2, 0.25) is 0 Å². The molecule has 1 atom stereocenters. The van der Waals surface area contributed by atoms with E-state index in [2.05, 4.69) is 10.2 Å². The van der Waals surface area contributed by atoms with Gasteiger partial charge in [-0.3, -0.25) is 9.69 Å². The van der Waals surface area contributed by atoms with E-state index in [0.29, 0.717) is 22.0 Å². The molecule has 1 amide bonds. The summed E-state index contributed by atoms with van der Waals surface area (Å²) < 4.78 is 5.18. The van der Waals surface area contributed by atoms with Gasteiger partial charge in [0.1, 0.15) is 5.75 Å². The first kappa shape index (κ1) is 16.6. The third-order valence-corrected chi connectivity index (χ3v) is 3.59. The van der Waals surface area contributed by atoms with Crippen LogP contribution in [0.2, 0.25) is 5.02 Å². The predicted molar refractivity (Wildman–Crippen MR) is 82.3 cm³/mol. The maximum absolute atomic E-state index is 12.3. The molecule has 0 aromatic heterocycles. The van der Waals surface area contributed by atoms with Gasteiger partial charge in [0.05, 0.1) is 29.5 Å². The van der Waals surface area contributed by atoms with E-state index in [4.69, 9.17) is 22.1 Å². The van der Waals surface area contributed by atoms with Crippen molar-refractivity contribution in [2.24, 2.45) is 0 Å². The Morgan fingerprint density at radius 1 is 1.45 bits per heavy atom. The maximum Gasteiger partial charge on any atom is 0.256 e. The summed E-state index contributed by atoms with van der Waals surface area (Å²) >= 11 is 5.97. The van der Waals surface area contributed by atoms with E-state index in [-0.39, 0.29) is 12.1 Å². The lowest BCUT2D eigenvalue weighted by Gasteiger charge is -2.27. The van der Waals surface area contributed by atoms with E-state index in [0.717, 1.165) is 13.1 Å². The van der Waals surface area contributed by atoms with Crippen LogP contribution in [-0.4, -0.2) is 37.2 Å². The zero-order valence-electron chi connectivity index (χ0n) is 12.4. The molecule has 0 radical (unpaired) electrons. The van der Waals surface area contributed by atoms with E-state index in [1.54, 1.807) is 6.07 Å². The molecular formula is C14H22ClN3O2. The van der Waals surface area contributed by atoms with Crippen molar-refractivity contribution >= 4 is 23.2 Å². The first-order valence-corrected chi connectivity index (χ1v) is 7.00. The molecular weight excluding hydrogens is 278 g/mol. The summed E-state index contributed by atoms with van der Waals surface area (Å²) in [4.78, 5) is 14.4. The molecule has 1 unspecified atom stereocenters. The van der Waals surface area contributed by atoms with Crippen LogP contribution in [0.15, 0.2) is 12.1 Å². The predicted octanol–water partition coefficient (Wildman–Crippen LogP) is 2.35. The number of nitrogen functional groups attached to an aromatic ring is 1. The number of benzene rings is 1. The van der Waals surface area contributed by atoms with Crippen molar-refractivity contribution in [2.45, 2.75) is 26.9 Å². The standard InChI is InChI=1S/C14H22ClN3O2/c1-5-18(6-2)9(3)17-14(19)10-7-11(15)12(16)8-13(10)20-4/h7-9H,5-6,16H2,1-4H3,(H,17,19). The van der Waals surface area contributed by atoms with Gasteiger partial charge in [-0.05, 0) is 26.1 Å². The molecule has 0 aliphatic carbocycles. The van der Waals surface area contributed by atoms with Crippen molar-refractivity contribution < 1.29 is 9.53 Å². The van der Waals surface area contributed by atoms with Crippen LogP contribution in [-0.2, 0) is 0 Å². The van der Waals surface area contributed by atoms with E-state index in [1.165, 1.54) is 13.2 Å². The summed E-state index contributed by atoms with van der Waals surface area (Å²) in [5.41, 5.74) is 6.47. The molecule has 5 nitrogen and oxygen atoms in total. The second-order valence-electron chi connectivity index (χ2n) is 4.44. The average molecular weight is 300 g/mol. The van der Waals surface area contributed by atoms with E-state index < -0.39 is 0 Å². The number of amides is 1. The minimum absolute atomic E-state index is 0.0708. The Balaban J connectivity index is 2.95. The lowest BCUT2D eigenvalue weighted by Crippen LogP contribution is -2.46. The highest BCUT2D eigenvalue weighted by Crippen LogP contribution is 2.28. The van der Waals surface area contributed by atoms with Crippen LogP contribution in [0.5, 0.6) is 5.75 Å². The first-order chi connectivity index (χ1) is 9.44. The summed E-state index contributed by atoms with van der Waals surface area (Å²) in [5, 5.41) is 3.27. The molecule has 0 saturated carbocycles. The number of hydrogen-bond donors (Lipinski definition) is 2. The number of anilines is 1. The van der Waals surface area contributed by atoms with E-state index >= 15 is 0 Å². The number of rotatable bonds is 6. The second kappa shape index (κ2) is 7.36. The number of nitrogens with one attached hydrogen (secondary N) is 1. The van der Waals surface area contributed by atoms with Gasteiger partial charge >= 0.3 is 0 Å². The Kier molecular flexibility index (Phi) is 6.10. The number of methoxy groups -OCH3 is 1. The summed E-state index contributed by atoms with van der Waals surface area (Å²) in [6.07, 6.45) is -0.0708. The summed E-state index contributed by atoms with van der Waals surface area (Å²) in [6.45, 7) is 7.76. The molecule has 1 aromatic rings. The molecule has 0 fully saturated rings. The van der Waals surface area contributed by atoms with Gasteiger partial charge in [0.25, 0.3) is 5.91 Å². The van der Waals surface area contributed by atoms with Gasteiger partial charge in [-0.1, -0.05) is 25.4 Å². The van der Waals surface area contributed by atoms with Crippen LogP contribution in [0.3, 0.4) is 0 Å². The SMILES string of the molecule is CCN(CC)C(C)NC(=O)c1cc(Cl)c(N)cc1OC. The van der Waals surface area contributed by atoms with Crippen LogP contribution >= 0.6 is 11.6 Å². The Hall–Kier alpha value is -1.46. The third kappa shape index (κ3) is 3.77. The molecule has 1 rings (SSSR count).